The molecular weight excluding hydrogens is 256 g/mol. The molecule has 0 amide bonds. The molecule has 0 aromatic heterocycles. The van der Waals surface area contributed by atoms with E-state index < -0.39 is 11.6 Å². The molecule has 0 heterocycles. The zero-order chi connectivity index (χ0) is 14.5. The summed E-state index contributed by atoms with van der Waals surface area (Å²) >= 11 is 0. The molecule has 2 aromatic rings. The Balaban J connectivity index is 2.40. The predicted octanol–water partition coefficient (Wildman–Crippen LogP) is 4.44. The summed E-state index contributed by atoms with van der Waals surface area (Å²) in [7, 11) is 0. The lowest BCUT2D eigenvalue weighted by Gasteiger charge is -2.12. The second kappa shape index (κ2) is 6.62. The molecule has 2 aromatic carbocycles. The van der Waals surface area contributed by atoms with Gasteiger partial charge in [-0.25, -0.2) is 8.78 Å². The fraction of sp³-hybridized carbons (Fsp3) is 0.294. The third-order valence-corrected chi connectivity index (χ3v) is 3.33. The Labute approximate surface area is 118 Å². The maximum absolute atomic E-state index is 14.1. The summed E-state index contributed by atoms with van der Waals surface area (Å²) in [6.45, 7) is 5.21. The Bertz CT molecular complexity index is 594. The molecule has 0 saturated heterocycles. The summed E-state index contributed by atoms with van der Waals surface area (Å²) < 4.78 is 27.8. The molecule has 0 aliphatic rings. The van der Waals surface area contributed by atoms with Crippen molar-refractivity contribution in [1.82, 2.24) is 5.32 Å². The van der Waals surface area contributed by atoms with Gasteiger partial charge in [0.15, 0.2) is 11.6 Å². The quantitative estimate of drug-likeness (QED) is 0.795. The van der Waals surface area contributed by atoms with Gasteiger partial charge in [-0.05, 0) is 36.6 Å². The predicted molar refractivity (Wildman–Crippen MR) is 78.5 cm³/mol. The summed E-state index contributed by atoms with van der Waals surface area (Å²) in [5.74, 6) is -1.54. The van der Waals surface area contributed by atoms with Gasteiger partial charge in [-0.1, -0.05) is 43.3 Å². The molecule has 2 rings (SSSR count). The standard InChI is InChI=1S/C17H19F2N/c1-3-10-20-11-13-6-4-5-7-14(13)15-9-8-12(2)16(18)17(15)19/h4-9,20H,3,10-11H2,1-2H3. The van der Waals surface area contributed by atoms with Gasteiger partial charge in [-0.15, -0.1) is 0 Å². The van der Waals surface area contributed by atoms with Gasteiger partial charge in [-0.2, -0.15) is 0 Å². The van der Waals surface area contributed by atoms with Gasteiger partial charge in [0, 0.05) is 12.1 Å². The average molecular weight is 275 g/mol. The highest BCUT2D eigenvalue weighted by molar-refractivity contribution is 5.68. The zero-order valence-electron chi connectivity index (χ0n) is 11.8. The van der Waals surface area contributed by atoms with Crippen LogP contribution in [-0.4, -0.2) is 6.54 Å². The molecule has 0 bridgehead atoms. The second-order valence-corrected chi connectivity index (χ2v) is 4.89. The minimum atomic E-state index is -0.770. The minimum Gasteiger partial charge on any atom is -0.313 e. The Morgan fingerprint density at radius 1 is 0.950 bits per heavy atom. The molecular formula is C17H19F2N. The summed E-state index contributed by atoms with van der Waals surface area (Å²) in [5.41, 5.74) is 2.37. The number of hydrogen-bond acceptors (Lipinski definition) is 1. The Morgan fingerprint density at radius 3 is 2.45 bits per heavy atom. The molecule has 0 radical (unpaired) electrons. The zero-order valence-corrected chi connectivity index (χ0v) is 11.8. The molecule has 3 heteroatoms. The smallest absolute Gasteiger partial charge is 0.166 e. The van der Waals surface area contributed by atoms with E-state index in [4.69, 9.17) is 0 Å². The second-order valence-electron chi connectivity index (χ2n) is 4.89. The van der Waals surface area contributed by atoms with Crippen molar-refractivity contribution in [3.63, 3.8) is 0 Å². The summed E-state index contributed by atoms with van der Waals surface area (Å²) in [4.78, 5) is 0. The van der Waals surface area contributed by atoms with Crippen molar-refractivity contribution in [2.24, 2.45) is 0 Å². The van der Waals surface area contributed by atoms with Gasteiger partial charge in [0.05, 0.1) is 0 Å². The van der Waals surface area contributed by atoms with Crippen LogP contribution in [-0.2, 0) is 6.54 Å². The molecule has 0 saturated carbocycles. The Kier molecular flexibility index (Phi) is 4.85. The molecule has 0 aliphatic carbocycles. The fourth-order valence-electron chi connectivity index (χ4n) is 2.19. The molecule has 0 aliphatic heterocycles. The van der Waals surface area contributed by atoms with Crippen LogP contribution in [0.15, 0.2) is 36.4 Å². The van der Waals surface area contributed by atoms with Crippen LogP contribution in [0.25, 0.3) is 11.1 Å². The van der Waals surface area contributed by atoms with E-state index in [1.807, 2.05) is 24.3 Å². The first-order valence-electron chi connectivity index (χ1n) is 6.88. The van der Waals surface area contributed by atoms with Gasteiger partial charge in [0.2, 0.25) is 0 Å². The highest BCUT2D eigenvalue weighted by Crippen LogP contribution is 2.28. The van der Waals surface area contributed by atoms with Crippen molar-refractivity contribution in [3.8, 4) is 11.1 Å². The first kappa shape index (κ1) is 14.7. The van der Waals surface area contributed by atoms with Gasteiger partial charge in [0.1, 0.15) is 0 Å². The summed E-state index contributed by atoms with van der Waals surface area (Å²) in [5, 5.41) is 3.29. The van der Waals surface area contributed by atoms with Crippen LogP contribution in [0.2, 0.25) is 0 Å². The minimum absolute atomic E-state index is 0.321. The number of halogens is 2. The summed E-state index contributed by atoms with van der Waals surface area (Å²) in [6.07, 6.45) is 1.04. The number of aryl methyl sites for hydroxylation is 1. The monoisotopic (exact) mass is 275 g/mol. The Morgan fingerprint density at radius 2 is 1.70 bits per heavy atom. The molecule has 0 atom stereocenters. The number of rotatable bonds is 5. The lowest BCUT2D eigenvalue weighted by atomic mass is 9.98. The van der Waals surface area contributed by atoms with Crippen LogP contribution in [0.1, 0.15) is 24.5 Å². The fourth-order valence-corrected chi connectivity index (χ4v) is 2.19. The van der Waals surface area contributed by atoms with Crippen molar-refractivity contribution in [2.45, 2.75) is 26.8 Å². The van der Waals surface area contributed by atoms with Crippen LogP contribution < -0.4 is 5.32 Å². The molecule has 106 valence electrons. The molecule has 1 nitrogen and oxygen atoms in total. The SMILES string of the molecule is CCCNCc1ccccc1-c1ccc(C)c(F)c1F. The molecule has 0 spiro atoms. The van der Waals surface area contributed by atoms with Gasteiger partial charge in [-0.3, -0.25) is 0 Å². The normalized spacial score (nSPS) is 10.8. The number of hydrogen-bond donors (Lipinski definition) is 1. The van der Waals surface area contributed by atoms with Gasteiger partial charge >= 0.3 is 0 Å². The molecule has 20 heavy (non-hydrogen) atoms. The van der Waals surface area contributed by atoms with E-state index in [1.165, 1.54) is 0 Å². The maximum Gasteiger partial charge on any atom is 0.166 e. The number of benzene rings is 2. The van der Waals surface area contributed by atoms with Crippen molar-refractivity contribution >= 4 is 0 Å². The van der Waals surface area contributed by atoms with Crippen LogP contribution in [0.3, 0.4) is 0 Å². The third-order valence-electron chi connectivity index (χ3n) is 3.33. The maximum atomic E-state index is 14.1. The lowest BCUT2D eigenvalue weighted by molar-refractivity contribution is 0.505. The van der Waals surface area contributed by atoms with Gasteiger partial charge < -0.3 is 5.32 Å². The van der Waals surface area contributed by atoms with Crippen LogP contribution in [0.5, 0.6) is 0 Å². The van der Waals surface area contributed by atoms with Crippen LogP contribution in [0, 0.1) is 18.6 Å². The van der Waals surface area contributed by atoms with Gasteiger partial charge in [0.25, 0.3) is 0 Å². The van der Waals surface area contributed by atoms with Crippen molar-refractivity contribution in [3.05, 3.63) is 59.2 Å². The molecule has 1 N–H and O–H groups in total. The first-order valence-corrected chi connectivity index (χ1v) is 6.88. The van der Waals surface area contributed by atoms with E-state index in [0.717, 1.165) is 24.1 Å². The van der Waals surface area contributed by atoms with Crippen LogP contribution >= 0.6 is 0 Å². The van der Waals surface area contributed by atoms with Crippen molar-refractivity contribution in [2.75, 3.05) is 6.54 Å². The highest BCUT2D eigenvalue weighted by atomic mass is 19.2. The van der Waals surface area contributed by atoms with Crippen molar-refractivity contribution in [1.29, 1.82) is 0 Å². The summed E-state index contributed by atoms with van der Waals surface area (Å²) in [6, 6.07) is 10.8. The lowest BCUT2D eigenvalue weighted by Crippen LogP contribution is -2.14. The molecule has 0 unspecified atom stereocenters. The average Bonchev–Trinajstić information content (AvgIpc) is 2.46. The van der Waals surface area contributed by atoms with E-state index >= 15 is 0 Å². The number of nitrogens with one attached hydrogen (secondary N) is 1. The first-order chi connectivity index (χ1) is 9.65. The third kappa shape index (κ3) is 3.05. The van der Waals surface area contributed by atoms with E-state index in [-0.39, 0.29) is 0 Å². The van der Waals surface area contributed by atoms with E-state index in [0.29, 0.717) is 17.7 Å². The largest absolute Gasteiger partial charge is 0.313 e. The van der Waals surface area contributed by atoms with E-state index in [2.05, 4.69) is 12.2 Å². The van der Waals surface area contributed by atoms with Crippen molar-refractivity contribution < 1.29 is 8.78 Å². The molecule has 0 fully saturated rings. The van der Waals surface area contributed by atoms with Crippen LogP contribution in [0.4, 0.5) is 8.78 Å². The van der Waals surface area contributed by atoms with E-state index in [9.17, 15) is 8.78 Å². The highest BCUT2D eigenvalue weighted by Gasteiger charge is 2.14. The topological polar surface area (TPSA) is 12.0 Å². The Hall–Kier alpha value is -1.74. The van der Waals surface area contributed by atoms with E-state index in [1.54, 1.807) is 19.1 Å².